The highest BCUT2D eigenvalue weighted by molar-refractivity contribution is 6.15. The van der Waals surface area contributed by atoms with Crippen LogP contribution in [0.2, 0.25) is 0 Å². The lowest BCUT2D eigenvalue weighted by molar-refractivity contribution is 0.668. The average molecular weight is 642 g/mol. The van der Waals surface area contributed by atoms with Crippen LogP contribution in [0, 0.1) is 0 Å². The summed E-state index contributed by atoms with van der Waals surface area (Å²) >= 11 is 0. The molecule has 3 aromatic heterocycles. The number of aromatic nitrogens is 3. The Morgan fingerprint density at radius 3 is 1.70 bits per heavy atom. The first kappa shape index (κ1) is 28.2. The largest absolute Gasteiger partial charge is 0.456 e. The summed E-state index contributed by atoms with van der Waals surface area (Å²) in [6, 6.07) is 55.8. The van der Waals surface area contributed by atoms with Crippen LogP contribution in [0.5, 0.6) is 0 Å². The van der Waals surface area contributed by atoms with Crippen LogP contribution >= 0.6 is 0 Å². The quantitative estimate of drug-likeness (QED) is 0.187. The SMILES string of the molecule is c1ccc(-c2ccc(-c3cccc4oc5c(-c6nc(-c7ccccc7)nc(-c7ccc8c(c7)oc7ccccc78)n6)cccc5c34)cc2)cc1. The Hall–Kier alpha value is -6.85. The van der Waals surface area contributed by atoms with E-state index >= 15 is 0 Å². The van der Waals surface area contributed by atoms with Gasteiger partial charge in [0.05, 0.1) is 5.56 Å². The lowest BCUT2D eigenvalue weighted by atomic mass is 9.96. The second-order valence-electron chi connectivity index (χ2n) is 12.4. The van der Waals surface area contributed by atoms with Gasteiger partial charge in [0.25, 0.3) is 0 Å². The minimum atomic E-state index is 0.539. The van der Waals surface area contributed by atoms with Gasteiger partial charge < -0.3 is 8.83 Å². The molecule has 10 aromatic rings. The maximum Gasteiger partial charge on any atom is 0.167 e. The summed E-state index contributed by atoms with van der Waals surface area (Å²) in [4.78, 5) is 15.1. The Kier molecular flexibility index (Phi) is 6.42. The molecule has 0 saturated heterocycles. The molecule has 0 spiro atoms. The van der Waals surface area contributed by atoms with Crippen LogP contribution in [0.4, 0.5) is 0 Å². The van der Waals surface area contributed by atoms with Gasteiger partial charge in [0, 0.05) is 32.7 Å². The molecule has 0 atom stereocenters. The molecular weight excluding hydrogens is 615 g/mol. The molecule has 10 rings (SSSR count). The van der Waals surface area contributed by atoms with Gasteiger partial charge in [0.15, 0.2) is 17.5 Å². The van der Waals surface area contributed by atoms with Gasteiger partial charge in [-0.3, -0.25) is 0 Å². The predicted molar refractivity (Wildman–Crippen MR) is 202 cm³/mol. The van der Waals surface area contributed by atoms with Crippen molar-refractivity contribution < 1.29 is 8.83 Å². The first-order chi connectivity index (χ1) is 24.8. The van der Waals surface area contributed by atoms with E-state index in [1.54, 1.807) is 0 Å². The highest BCUT2D eigenvalue weighted by Crippen LogP contribution is 2.41. The van der Waals surface area contributed by atoms with Gasteiger partial charge in [-0.15, -0.1) is 0 Å². The second-order valence-corrected chi connectivity index (χ2v) is 12.4. The Morgan fingerprint density at radius 1 is 0.320 bits per heavy atom. The van der Waals surface area contributed by atoms with Crippen LogP contribution in [0.1, 0.15) is 0 Å². The van der Waals surface area contributed by atoms with E-state index in [1.165, 1.54) is 11.1 Å². The van der Waals surface area contributed by atoms with Gasteiger partial charge in [-0.05, 0) is 52.6 Å². The minimum absolute atomic E-state index is 0.539. The van der Waals surface area contributed by atoms with Crippen molar-refractivity contribution >= 4 is 43.9 Å². The topological polar surface area (TPSA) is 65.0 Å². The molecule has 0 aliphatic carbocycles. The minimum Gasteiger partial charge on any atom is -0.456 e. The van der Waals surface area contributed by atoms with Gasteiger partial charge in [0.2, 0.25) is 0 Å². The molecule has 0 aliphatic heterocycles. The normalized spacial score (nSPS) is 11.6. The number of benzene rings is 7. The predicted octanol–water partition coefficient (Wildman–Crippen LogP) is 12.0. The molecule has 0 aliphatic rings. The molecule has 3 heterocycles. The van der Waals surface area contributed by atoms with E-state index in [0.29, 0.717) is 17.5 Å². The van der Waals surface area contributed by atoms with Crippen LogP contribution in [-0.2, 0) is 0 Å². The van der Waals surface area contributed by atoms with Crippen LogP contribution in [0.15, 0.2) is 173 Å². The van der Waals surface area contributed by atoms with Crippen molar-refractivity contribution in [1.82, 2.24) is 15.0 Å². The summed E-state index contributed by atoms with van der Waals surface area (Å²) in [6.45, 7) is 0. The fraction of sp³-hybridized carbons (Fsp3) is 0. The van der Waals surface area contributed by atoms with E-state index < -0.39 is 0 Å². The molecule has 7 aromatic carbocycles. The van der Waals surface area contributed by atoms with E-state index in [4.69, 9.17) is 23.8 Å². The summed E-state index contributed by atoms with van der Waals surface area (Å²) < 4.78 is 12.9. The maximum atomic E-state index is 6.66. The third-order valence-corrected chi connectivity index (χ3v) is 9.37. The number of fused-ring (bicyclic) bond motifs is 6. The lowest BCUT2D eigenvalue weighted by Gasteiger charge is -2.09. The van der Waals surface area contributed by atoms with Gasteiger partial charge in [-0.2, -0.15) is 0 Å². The molecular formula is C45H27N3O2. The Morgan fingerprint density at radius 2 is 0.880 bits per heavy atom. The molecule has 0 saturated carbocycles. The Bertz CT molecular complexity index is 2850. The molecule has 5 heteroatoms. The van der Waals surface area contributed by atoms with Crippen LogP contribution in [0.3, 0.4) is 0 Å². The summed E-state index contributed by atoms with van der Waals surface area (Å²) in [6.07, 6.45) is 0. The summed E-state index contributed by atoms with van der Waals surface area (Å²) in [5, 5.41) is 4.20. The van der Waals surface area contributed by atoms with Crippen molar-refractivity contribution in [2.75, 3.05) is 0 Å². The number of hydrogen-bond acceptors (Lipinski definition) is 5. The number of nitrogens with zero attached hydrogens (tertiary/aromatic N) is 3. The smallest absolute Gasteiger partial charge is 0.167 e. The summed E-state index contributed by atoms with van der Waals surface area (Å²) in [7, 11) is 0. The third-order valence-electron chi connectivity index (χ3n) is 9.37. The van der Waals surface area contributed by atoms with Crippen molar-refractivity contribution in [1.29, 1.82) is 0 Å². The number of hydrogen-bond donors (Lipinski definition) is 0. The van der Waals surface area contributed by atoms with Crippen LogP contribution in [-0.4, -0.2) is 15.0 Å². The molecule has 50 heavy (non-hydrogen) atoms. The van der Waals surface area contributed by atoms with Crippen molar-refractivity contribution in [3.63, 3.8) is 0 Å². The first-order valence-corrected chi connectivity index (χ1v) is 16.6. The number of para-hydroxylation sites is 2. The first-order valence-electron chi connectivity index (χ1n) is 16.6. The standard InChI is InChI=1S/C45H27N3O2/c1-3-11-28(12-4-1)29-21-23-30(24-22-29)33-16-10-20-39-41(33)36-17-9-18-37(42(36)50-39)45-47-43(31-13-5-2-6-14-31)46-44(48-45)32-25-26-35-34-15-7-8-19-38(34)49-40(35)27-32/h1-27H. The van der Waals surface area contributed by atoms with Gasteiger partial charge in [-0.25, -0.2) is 15.0 Å². The highest BCUT2D eigenvalue weighted by atomic mass is 16.3. The van der Waals surface area contributed by atoms with Gasteiger partial charge in [-0.1, -0.05) is 133 Å². The molecule has 0 N–H and O–H groups in total. The maximum absolute atomic E-state index is 6.66. The van der Waals surface area contributed by atoms with Crippen molar-refractivity contribution in [3.05, 3.63) is 164 Å². The highest BCUT2D eigenvalue weighted by Gasteiger charge is 2.20. The zero-order valence-electron chi connectivity index (χ0n) is 26.7. The lowest BCUT2D eigenvalue weighted by Crippen LogP contribution is -2.00. The molecule has 234 valence electrons. The monoisotopic (exact) mass is 641 g/mol. The van der Waals surface area contributed by atoms with Crippen molar-refractivity contribution in [2.24, 2.45) is 0 Å². The molecule has 0 unspecified atom stereocenters. The summed E-state index contributed by atoms with van der Waals surface area (Å²) in [5.74, 6) is 1.68. The van der Waals surface area contributed by atoms with E-state index in [2.05, 4.69) is 78.9 Å². The number of rotatable bonds is 5. The zero-order chi connectivity index (χ0) is 33.0. The van der Waals surface area contributed by atoms with E-state index in [-0.39, 0.29) is 0 Å². The average Bonchev–Trinajstić information content (AvgIpc) is 3.77. The molecule has 0 radical (unpaired) electrons. The fourth-order valence-electron chi connectivity index (χ4n) is 6.94. The van der Waals surface area contributed by atoms with Crippen molar-refractivity contribution in [3.8, 4) is 56.4 Å². The third kappa shape index (κ3) is 4.67. The number of furan rings is 2. The molecule has 0 fully saturated rings. The van der Waals surface area contributed by atoms with Gasteiger partial charge >= 0.3 is 0 Å². The van der Waals surface area contributed by atoms with E-state index in [1.807, 2.05) is 84.9 Å². The Balaban J connectivity index is 1.14. The summed E-state index contributed by atoms with van der Waals surface area (Å²) in [5.41, 5.74) is 10.3. The van der Waals surface area contributed by atoms with Gasteiger partial charge in [0.1, 0.15) is 22.3 Å². The molecule has 5 nitrogen and oxygen atoms in total. The Labute approximate surface area is 287 Å². The van der Waals surface area contributed by atoms with Crippen LogP contribution in [0.25, 0.3) is 100 Å². The van der Waals surface area contributed by atoms with E-state index in [0.717, 1.165) is 71.7 Å². The van der Waals surface area contributed by atoms with Crippen LogP contribution < -0.4 is 0 Å². The van der Waals surface area contributed by atoms with E-state index in [9.17, 15) is 0 Å². The molecule has 0 bridgehead atoms. The zero-order valence-corrected chi connectivity index (χ0v) is 26.7. The van der Waals surface area contributed by atoms with Crippen molar-refractivity contribution in [2.45, 2.75) is 0 Å². The molecule has 0 amide bonds. The fourth-order valence-corrected chi connectivity index (χ4v) is 6.94. The second kappa shape index (κ2) is 11.4.